The van der Waals surface area contributed by atoms with E-state index in [4.69, 9.17) is 23.6 Å². The zero-order valence-corrected chi connectivity index (χ0v) is 22.8. The molecule has 6 heteroatoms. The van der Waals surface area contributed by atoms with Crippen molar-refractivity contribution in [2.24, 2.45) is 0 Å². The van der Waals surface area contributed by atoms with Gasteiger partial charge in [-0.3, -0.25) is 0 Å². The van der Waals surface area contributed by atoms with Gasteiger partial charge in [-0.2, -0.15) is 0 Å². The molecule has 4 rings (SSSR count). The van der Waals surface area contributed by atoms with E-state index in [2.05, 4.69) is 44.2 Å². The van der Waals surface area contributed by atoms with E-state index in [-0.39, 0.29) is 5.97 Å². The summed E-state index contributed by atoms with van der Waals surface area (Å²) in [5.41, 5.74) is 6.70. The molecule has 0 radical (unpaired) electrons. The van der Waals surface area contributed by atoms with E-state index in [9.17, 15) is 4.79 Å². The van der Waals surface area contributed by atoms with E-state index in [0.717, 1.165) is 54.0 Å². The maximum absolute atomic E-state index is 12.4. The number of ether oxygens (including phenoxy) is 3. The summed E-state index contributed by atoms with van der Waals surface area (Å²) < 4.78 is 23.3. The summed E-state index contributed by atoms with van der Waals surface area (Å²) in [5.74, 6) is 2.45. The minimum absolute atomic E-state index is 0.301. The molecule has 198 valence electrons. The lowest BCUT2D eigenvalue weighted by Gasteiger charge is -2.24. The number of hydrogen-bond acceptors (Lipinski definition) is 6. The summed E-state index contributed by atoms with van der Waals surface area (Å²) in [5, 5.41) is 0. The third-order valence-electron chi connectivity index (χ3n) is 6.99. The Balaban J connectivity index is 1.51. The van der Waals surface area contributed by atoms with Crippen LogP contribution in [0.15, 0.2) is 40.8 Å². The second-order valence-electron chi connectivity index (χ2n) is 9.87. The fourth-order valence-corrected chi connectivity index (χ4v) is 4.92. The fourth-order valence-electron chi connectivity index (χ4n) is 4.92. The van der Waals surface area contributed by atoms with Crippen LogP contribution in [0.25, 0.3) is 11.5 Å². The zero-order valence-electron chi connectivity index (χ0n) is 22.8. The average molecular weight is 506 g/mol. The van der Waals surface area contributed by atoms with Gasteiger partial charge in [-0.15, -0.1) is 0 Å². The summed E-state index contributed by atoms with van der Waals surface area (Å²) in [6, 6.07) is 12.5. The number of carbonyl (C=O) groups is 1. The quantitative estimate of drug-likeness (QED) is 0.269. The molecular weight excluding hydrogens is 466 g/mol. The third-order valence-corrected chi connectivity index (χ3v) is 6.99. The van der Waals surface area contributed by atoms with Gasteiger partial charge < -0.3 is 18.6 Å². The number of esters is 1. The van der Waals surface area contributed by atoms with Crippen molar-refractivity contribution in [3.05, 3.63) is 70.1 Å². The van der Waals surface area contributed by atoms with E-state index in [1.165, 1.54) is 16.7 Å². The van der Waals surface area contributed by atoms with Gasteiger partial charge in [0.2, 0.25) is 5.89 Å². The van der Waals surface area contributed by atoms with Crippen LogP contribution in [0.1, 0.15) is 80.2 Å². The highest BCUT2D eigenvalue weighted by molar-refractivity contribution is 5.75. The summed E-state index contributed by atoms with van der Waals surface area (Å²) in [4.78, 5) is 17.2. The molecule has 1 heterocycles. The number of aryl methyl sites for hydroxylation is 1. The highest BCUT2D eigenvalue weighted by atomic mass is 16.6. The van der Waals surface area contributed by atoms with E-state index in [1.54, 1.807) is 0 Å². The Kier molecular flexibility index (Phi) is 9.04. The van der Waals surface area contributed by atoms with Gasteiger partial charge in [-0.05, 0) is 92.8 Å². The topological polar surface area (TPSA) is 70.8 Å². The molecule has 1 aromatic heterocycles. The largest absolute Gasteiger partial charge is 0.487 e. The monoisotopic (exact) mass is 505 g/mol. The second kappa shape index (κ2) is 12.4. The number of hydrogen-bond donors (Lipinski definition) is 0. The first-order valence-electron chi connectivity index (χ1n) is 13.5. The standard InChI is InChI=1S/C31H39NO5/c1-6-34-29(31(33)35-7-2)18-24-16-17-28(26-11-9-8-10-25(24)26)36-19-27-21(5)37-30(32-27)23-14-12-22(13-15-23)20(3)4/h12-17,20,29H,6-11,18-19H2,1-5H3. The first-order valence-corrected chi connectivity index (χ1v) is 13.5. The Morgan fingerprint density at radius 1 is 1.00 bits per heavy atom. The van der Waals surface area contributed by atoms with Crippen LogP contribution in [-0.2, 0) is 40.1 Å². The predicted octanol–water partition coefficient (Wildman–Crippen LogP) is 6.74. The van der Waals surface area contributed by atoms with Crippen LogP contribution in [0.5, 0.6) is 5.75 Å². The molecule has 0 saturated heterocycles. The maximum Gasteiger partial charge on any atom is 0.335 e. The van der Waals surface area contributed by atoms with E-state index in [1.807, 2.05) is 26.8 Å². The molecule has 2 aromatic carbocycles. The summed E-state index contributed by atoms with van der Waals surface area (Å²) >= 11 is 0. The molecule has 37 heavy (non-hydrogen) atoms. The molecule has 1 unspecified atom stereocenters. The van der Waals surface area contributed by atoms with Gasteiger partial charge in [0.05, 0.1) is 6.61 Å². The number of aromatic nitrogens is 1. The van der Waals surface area contributed by atoms with E-state index < -0.39 is 6.10 Å². The lowest BCUT2D eigenvalue weighted by atomic mass is 9.86. The lowest BCUT2D eigenvalue weighted by molar-refractivity contribution is -0.156. The smallest absolute Gasteiger partial charge is 0.335 e. The van der Waals surface area contributed by atoms with Gasteiger partial charge in [0.15, 0.2) is 6.10 Å². The number of rotatable bonds is 11. The Morgan fingerprint density at radius 2 is 1.73 bits per heavy atom. The third kappa shape index (κ3) is 6.42. The summed E-state index contributed by atoms with van der Waals surface area (Å²) in [6.07, 6.45) is 4.11. The van der Waals surface area contributed by atoms with Crippen molar-refractivity contribution in [1.82, 2.24) is 4.98 Å². The van der Waals surface area contributed by atoms with Crippen LogP contribution in [0, 0.1) is 6.92 Å². The van der Waals surface area contributed by atoms with Gasteiger partial charge in [-0.1, -0.05) is 32.0 Å². The van der Waals surface area contributed by atoms with Crippen LogP contribution >= 0.6 is 0 Å². The van der Waals surface area contributed by atoms with Gasteiger partial charge in [0.1, 0.15) is 23.8 Å². The van der Waals surface area contributed by atoms with Crippen LogP contribution in [0.3, 0.4) is 0 Å². The molecule has 0 amide bonds. The van der Waals surface area contributed by atoms with Crippen molar-refractivity contribution < 1.29 is 23.4 Å². The molecule has 0 fully saturated rings. The number of benzene rings is 2. The van der Waals surface area contributed by atoms with E-state index in [0.29, 0.717) is 38.1 Å². The van der Waals surface area contributed by atoms with Gasteiger partial charge in [-0.25, -0.2) is 9.78 Å². The average Bonchev–Trinajstić information content (AvgIpc) is 3.28. The zero-order chi connectivity index (χ0) is 26.4. The molecule has 0 N–H and O–H groups in total. The molecule has 0 aliphatic heterocycles. The first-order chi connectivity index (χ1) is 17.9. The Morgan fingerprint density at radius 3 is 2.41 bits per heavy atom. The Bertz CT molecular complexity index is 1200. The number of oxazole rings is 1. The van der Waals surface area contributed by atoms with Crippen molar-refractivity contribution in [1.29, 1.82) is 0 Å². The van der Waals surface area contributed by atoms with Crippen molar-refractivity contribution >= 4 is 5.97 Å². The summed E-state index contributed by atoms with van der Waals surface area (Å²) in [6.45, 7) is 11.2. The van der Waals surface area contributed by atoms with Gasteiger partial charge >= 0.3 is 5.97 Å². The summed E-state index contributed by atoms with van der Waals surface area (Å²) in [7, 11) is 0. The van der Waals surface area contributed by atoms with E-state index >= 15 is 0 Å². The number of nitrogens with zero attached hydrogens (tertiary/aromatic N) is 1. The van der Waals surface area contributed by atoms with Crippen LogP contribution in [0.2, 0.25) is 0 Å². The number of fused-ring (bicyclic) bond motifs is 1. The molecule has 1 aliphatic rings. The van der Waals surface area contributed by atoms with Crippen molar-refractivity contribution in [3.63, 3.8) is 0 Å². The maximum atomic E-state index is 12.4. The SMILES string of the molecule is CCOC(=O)C(Cc1ccc(OCc2nc(-c3ccc(C(C)C)cc3)oc2C)c2c1CCCC2)OCC. The van der Waals surface area contributed by atoms with Crippen LogP contribution < -0.4 is 4.74 Å². The Hall–Kier alpha value is -3.12. The van der Waals surface area contributed by atoms with Gasteiger partial charge in [0.25, 0.3) is 0 Å². The molecule has 0 spiro atoms. The molecule has 6 nitrogen and oxygen atoms in total. The molecule has 1 aliphatic carbocycles. The fraction of sp³-hybridized carbons (Fsp3) is 0.484. The second-order valence-corrected chi connectivity index (χ2v) is 9.87. The normalized spacial score (nSPS) is 13.9. The first kappa shape index (κ1) is 26.9. The lowest BCUT2D eigenvalue weighted by Crippen LogP contribution is -2.29. The molecule has 3 aromatic rings. The molecule has 0 bridgehead atoms. The molecule has 1 atom stereocenters. The minimum atomic E-state index is -0.589. The van der Waals surface area contributed by atoms with Crippen molar-refractivity contribution in [2.45, 2.75) is 85.4 Å². The number of carbonyl (C=O) groups excluding carboxylic acids is 1. The van der Waals surface area contributed by atoms with Gasteiger partial charge in [0, 0.05) is 18.6 Å². The van der Waals surface area contributed by atoms with Crippen LogP contribution in [0.4, 0.5) is 0 Å². The highest BCUT2D eigenvalue weighted by Crippen LogP contribution is 2.34. The Labute approximate surface area is 220 Å². The van der Waals surface area contributed by atoms with Crippen LogP contribution in [-0.4, -0.2) is 30.3 Å². The van der Waals surface area contributed by atoms with Crippen molar-refractivity contribution in [2.75, 3.05) is 13.2 Å². The minimum Gasteiger partial charge on any atom is -0.487 e. The molecular formula is C31H39NO5. The molecule has 0 saturated carbocycles. The highest BCUT2D eigenvalue weighted by Gasteiger charge is 2.25. The van der Waals surface area contributed by atoms with Crippen molar-refractivity contribution in [3.8, 4) is 17.2 Å². The predicted molar refractivity (Wildman–Crippen MR) is 144 cm³/mol.